The molecule has 0 N–H and O–H groups in total. The van der Waals surface area contributed by atoms with Gasteiger partial charge >= 0.3 is 0 Å². The Labute approximate surface area is 113 Å². The molecule has 0 aliphatic carbocycles. The van der Waals surface area contributed by atoms with Gasteiger partial charge in [-0.05, 0) is 32.0 Å². The summed E-state index contributed by atoms with van der Waals surface area (Å²) in [6.45, 7) is 4.37. The molecule has 0 aliphatic heterocycles. The maximum atomic E-state index is 5.21. The van der Waals surface area contributed by atoms with Crippen LogP contribution in [0.1, 0.15) is 19.9 Å². The first kappa shape index (κ1) is 13.2. The quantitative estimate of drug-likeness (QED) is 0.546. The number of ether oxygens (including phenoxy) is 1. The van der Waals surface area contributed by atoms with Crippen molar-refractivity contribution in [1.82, 2.24) is 0 Å². The highest BCUT2D eigenvalue weighted by Crippen LogP contribution is 2.18. The standard InChI is InChI=1S/C13H16NO.HI/c1-10(2)14-8-4-5-11-9-12(15-3)6-7-13(11)14;/h4-10H,1-3H3;1H/q+1;/p-1. The van der Waals surface area contributed by atoms with E-state index in [0.29, 0.717) is 6.04 Å². The average Bonchev–Trinajstić information content (AvgIpc) is 2.27. The average molecular weight is 329 g/mol. The number of hydrogen-bond donors (Lipinski definition) is 0. The minimum Gasteiger partial charge on any atom is -1.00 e. The fourth-order valence-corrected chi connectivity index (χ4v) is 1.80. The lowest BCUT2D eigenvalue weighted by Crippen LogP contribution is -3.00. The Morgan fingerprint density at radius 1 is 1.19 bits per heavy atom. The molecule has 16 heavy (non-hydrogen) atoms. The van der Waals surface area contributed by atoms with Crippen molar-refractivity contribution >= 4 is 10.9 Å². The van der Waals surface area contributed by atoms with Gasteiger partial charge in [0, 0.05) is 12.1 Å². The van der Waals surface area contributed by atoms with Crippen LogP contribution in [0.3, 0.4) is 0 Å². The molecule has 1 heterocycles. The van der Waals surface area contributed by atoms with E-state index in [9.17, 15) is 0 Å². The number of pyridine rings is 1. The van der Waals surface area contributed by atoms with Crippen LogP contribution < -0.4 is 33.3 Å². The van der Waals surface area contributed by atoms with Gasteiger partial charge < -0.3 is 28.7 Å². The number of methoxy groups -OCH3 is 1. The second kappa shape index (κ2) is 5.48. The molecular formula is C13H16INO. The zero-order chi connectivity index (χ0) is 10.8. The van der Waals surface area contributed by atoms with Crippen LogP contribution in [0.4, 0.5) is 0 Å². The lowest BCUT2D eigenvalue weighted by atomic mass is 10.2. The Hall–Kier alpha value is -0.840. The SMILES string of the molecule is COc1ccc2c(ccc[n+]2C(C)C)c1.[I-]. The zero-order valence-corrected chi connectivity index (χ0v) is 11.9. The van der Waals surface area contributed by atoms with Gasteiger partial charge in [0.15, 0.2) is 12.2 Å². The van der Waals surface area contributed by atoms with E-state index >= 15 is 0 Å². The molecule has 0 aliphatic rings. The summed E-state index contributed by atoms with van der Waals surface area (Å²) in [6, 6.07) is 10.8. The Bertz CT molecular complexity index is 482. The molecule has 0 spiro atoms. The second-order valence-corrected chi connectivity index (χ2v) is 3.93. The van der Waals surface area contributed by atoms with Crippen molar-refractivity contribution in [2.24, 2.45) is 0 Å². The van der Waals surface area contributed by atoms with Gasteiger partial charge in [-0.15, -0.1) is 0 Å². The number of halogens is 1. The van der Waals surface area contributed by atoms with Crippen molar-refractivity contribution < 1.29 is 33.3 Å². The van der Waals surface area contributed by atoms with E-state index in [2.05, 4.69) is 48.9 Å². The van der Waals surface area contributed by atoms with Gasteiger partial charge in [0.05, 0.1) is 12.5 Å². The summed E-state index contributed by atoms with van der Waals surface area (Å²) in [7, 11) is 1.70. The summed E-state index contributed by atoms with van der Waals surface area (Å²) in [5.74, 6) is 0.906. The monoisotopic (exact) mass is 329 g/mol. The first-order valence-corrected chi connectivity index (χ1v) is 5.20. The maximum absolute atomic E-state index is 5.21. The largest absolute Gasteiger partial charge is 1.00 e. The molecule has 0 atom stereocenters. The van der Waals surface area contributed by atoms with Crippen LogP contribution in [0, 0.1) is 0 Å². The van der Waals surface area contributed by atoms with E-state index in [1.807, 2.05) is 6.07 Å². The summed E-state index contributed by atoms with van der Waals surface area (Å²) in [5.41, 5.74) is 1.24. The van der Waals surface area contributed by atoms with E-state index in [1.54, 1.807) is 7.11 Å². The van der Waals surface area contributed by atoms with Gasteiger partial charge in [-0.2, -0.15) is 4.57 Å². The molecule has 1 aromatic carbocycles. The van der Waals surface area contributed by atoms with Gasteiger partial charge in [-0.1, -0.05) is 0 Å². The van der Waals surface area contributed by atoms with Crippen LogP contribution in [0.25, 0.3) is 10.9 Å². The van der Waals surface area contributed by atoms with Gasteiger partial charge in [-0.25, -0.2) is 0 Å². The van der Waals surface area contributed by atoms with Crippen LogP contribution in [0.5, 0.6) is 5.75 Å². The van der Waals surface area contributed by atoms with Crippen LogP contribution in [-0.2, 0) is 0 Å². The Kier molecular flexibility index (Phi) is 4.53. The lowest BCUT2D eigenvalue weighted by Gasteiger charge is -2.05. The number of hydrogen-bond acceptors (Lipinski definition) is 1. The highest BCUT2D eigenvalue weighted by molar-refractivity contribution is 5.77. The smallest absolute Gasteiger partial charge is 0.212 e. The summed E-state index contributed by atoms with van der Waals surface area (Å²) >= 11 is 0. The molecule has 2 aromatic rings. The fourth-order valence-electron chi connectivity index (χ4n) is 1.80. The first-order chi connectivity index (χ1) is 7.22. The molecule has 0 bridgehead atoms. The minimum atomic E-state index is 0. The van der Waals surface area contributed by atoms with Crippen LogP contribution in [0.15, 0.2) is 36.5 Å². The zero-order valence-electron chi connectivity index (χ0n) is 9.77. The molecule has 0 saturated heterocycles. The minimum absolute atomic E-state index is 0. The number of benzene rings is 1. The molecule has 0 unspecified atom stereocenters. The van der Waals surface area contributed by atoms with Gasteiger partial charge in [0.1, 0.15) is 5.75 Å². The maximum Gasteiger partial charge on any atom is 0.212 e. The Balaban J connectivity index is 0.00000128. The van der Waals surface area contributed by atoms with Crippen molar-refractivity contribution in [3.63, 3.8) is 0 Å². The van der Waals surface area contributed by atoms with Crippen molar-refractivity contribution in [3.05, 3.63) is 36.5 Å². The number of rotatable bonds is 2. The normalized spacial score (nSPS) is 10.2. The van der Waals surface area contributed by atoms with Crippen LogP contribution in [0.2, 0.25) is 0 Å². The number of fused-ring (bicyclic) bond motifs is 1. The molecular weight excluding hydrogens is 313 g/mol. The molecule has 0 saturated carbocycles. The highest BCUT2D eigenvalue weighted by Gasteiger charge is 2.11. The van der Waals surface area contributed by atoms with Crippen molar-refractivity contribution in [3.8, 4) is 5.75 Å². The molecule has 86 valence electrons. The third-order valence-corrected chi connectivity index (χ3v) is 2.59. The van der Waals surface area contributed by atoms with E-state index in [0.717, 1.165) is 5.75 Å². The third kappa shape index (κ3) is 2.45. The fraction of sp³-hybridized carbons (Fsp3) is 0.308. The topological polar surface area (TPSA) is 13.1 Å². The highest BCUT2D eigenvalue weighted by atomic mass is 127. The first-order valence-electron chi connectivity index (χ1n) is 5.20. The van der Waals surface area contributed by atoms with Gasteiger partial charge in [0.2, 0.25) is 5.52 Å². The van der Waals surface area contributed by atoms with E-state index < -0.39 is 0 Å². The summed E-state index contributed by atoms with van der Waals surface area (Å²) in [5, 5.41) is 1.21. The van der Waals surface area contributed by atoms with E-state index in [4.69, 9.17) is 4.74 Å². The third-order valence-electron chi connectivity index (χ3n) is 2.59. The molecule has 0 fully saturated rings. The summed E-state index contributed by atoms with van der Waals surface area (Å²) in [6.07, 6.45) is 2.11. The number of aromatic nitrogens is 1. The van der Waals surface area contributed by atoms with Gasteiger partial charge in [0.25, 0.3) is 0 Å². The summed E-state index contributed by atoms with van der Waals surface area (Å²) in [4.78, 5) is 0. The van der Waals surface area contributed by atoms with Gasteiger partial charge in [-0.3, -0.25) is 0 Å². The lowest BCUT2D eigenvalue weighted by molar-refractivity contribution is -0.691. The summed E-state index contributed by atoms with van der Waals surface area (Å²) < 4.78 is 7.47. The molecule has 1 aromatic heterocycles. The predicted octanol–water partition coefficient (Wildman–Crippen LogP) is -0.279. The van der Waals surface area contributed by atoms with E-state index in [-0.39, 0.29) is 24.0 Å². The molecule has 0 radical (unpaired) electrons. The van der Waals surface area contributed by atoms with Crippen LogP contribution >= 0.6 is 0 Å². The Morgan fingerprint density at radius 2 is 1.94 bits per heavy atom. The molecule has 0 amide bonds. The predicted molar refractivity (Wildman–Crippen MR) is 61.1 cm³/mol. The van der Waals surface area contributed by atoms with Crippen molar-refractivity contribution in [2.75, 3.05) is 7.11 Å². The van der Waals surface area contributed by atoms with Crippen molar-refractivity contribution in [2.45, 2.75) is 19.9 Å². The number of nitrogens with zero attached hydrogens (tertiary/aromatic N) is 1. The second-order valence-electron chi connectivity index (χ2n) is 3.93. The molecule has 2 rings (SSSR count). The van der Waals surface area contributed by atoms with E-state index in [1.165, 1.54) is 10.9 Å². The van der Waals surface area contributed by atoms with Crippen molar-refractivity contribution in [1.29, 1.82) is 0 Å². The Morgan fingerprint density at radius 3 is 2.56 bits per heavy atom. The molecule has 2 nitrogen and oxygen atoms in total. The molecule has 3 heteroatoms. The van der Waals surface area contributed by atoms with Crippen LogP contribution in [-0.4, -0.2) is 7.11 Å².